The molecule has 1 aromatic heterocycles. The summed E-state index contributed by atoms with van der Waals surface area (Å²) in [6, 6.07) is 8.67. The predicted molar refractivity (Wildman–Crippen MR) is 101 cm³/mol. The molecule has 8 heteroatoms. The summed E-state index contributed by atoms with van der Waals surface area (Å²) >= 11 is 0. The molecule has 0 saturated heterocycles. The summed E-state index contributed by atoms with van der Waals surface area (Å²) in [7, 11) is 0. The van der Waals surface area contributed by atoms with Gasteiger partial charge < -0.3 is 9.84 Å². The van der Waals surface area contributed by atoms with Crippen molar-refractivity contribution >= 4 is 11.9 Å². The first kappa shape index (κ1) is 21.0. The van der Waals surface area contributed by atoms with Gasteiger partial charge in [-0.05, 0) is 38.2 Å². The molecule has 0 unspecified atom stereocenters. The summed E-state index contributed by atoms with van der Waals surface area (Å²) in [6.45, 7) is 2.04. The quantitative estimate of drug-likeness (QED) is 0.689. The topological polar surface area (TPSA) is 81.4 Å². The number of esters is 1. The number of alkyl halides is 2. The molecule has 0 spiro atoms. The Morgan fingerprint density at radius 2 is 1.86 bits per heavy atom. The summed E-state index contributed by atoms with van der Waals surface area (Å²) in [5.41, 5.74) is -0.0441. The van der Waals surface area contributed by atoms with E-state index < -0.39 is 23.7 Å². The van der Waals surface area contributed by atoms with Gasteiger partial charge in [-0.15, -0.1) is 0 Å². The van der Waals surface area contributed by atoms with Crippen molar-refractivity contribution in [3.63, 3.8) is 0 Å². The average molecular weight is 406 g/mol. The Labute approximate surface area is 167 Å². The van der Waals surface area contributed by atoms with Crippen molar-refractivity contribution in [2.24, 2.45) is 5.92 Å². The molecular formula is C21H24F2N2O4. The maximum atomic E-state index is 13.9. The second-order valence-electron chi connectivity index (χ2n) is 7.18. The Balaban J connectivity index is 1.89. The molecule has 1 aliphatic carbocycles. The largest absolute Gasteiger partial charge is 0.478 e. The lowest BCUT2D eigenvalue weighted by atomic mass is 9.86. The minimum absolute atomic E-state index is 0.131. The maximum Gasteiger partial charge on any atom is 0.339 e. The van der Waals surface area contributed by atoms with Gasteiger partial charge in [-0.25, -0.2) is 13.6 Å². The highest BCUT2D eigenvalue weighted by atomic mass is 19.3. The van der Waals surface area contributed by atoms with Crippen molar-refractivity contribution in [2.45, 2.75) is 51.5 Å². The second kappa shape index (κ2) is 9.15. The highest BCUT2D eigenvalue weighted by Gasteiger charge is 2.35. The summed E-state index contributed by atoms with van der Waals surface area (Å²) in [5, 5.41) is 13.9. The predicted octanol–water partition coefficient (Wildman–Crippen LogP) is 4.40. The van der Waals surface area contributed by atoms with Crippen LogP contribution in [0, 0.1) is 5.92 Å². The number of carboxylic acid groups (broad SMARTS) is 1. The molecular weight excluding hydrogens is 382 g/mol. The number of hydrogen-bond donors (Lipinski definition) is 1. The highest BCUT2D eigenvalue weighted by molar-refractivity contribution is 5.90. The van der Waals surface area contributed by atoms with Crippen LogP contribution in [-0.2, 0) is 16.0 Å². The fourth-order valence-electron chi connectivity index (χ4n) is 3.95. The third kappa shape index (κ3) is 4.63. The molecule has 0 aliphatic heterocycles. The van der Waals surface area contributed by atoms with Gasteiger partial charge in [0, 0.05) is 6.42 Å². The number of rotatable bonds is 7. The Morgan fingerprint density at radius 3 is 2.41 bits per heavy atom. The Kier molecular flexibility index (Phi) is 6.61. The van der Waals surface area contributed by atoms with Gasteiger partial charge in [0.05, 0.1) is 24.3 Å². The van der Waals surface area contributed by atoms with E-state index in [0.717, 1.165) is 5.56 Å². The van der Waals surface area contributed by atoms with Crippen LogP contribution in [0.25, 0.3) is 0 Å². The van der Waals surface area contributed by atoms with Crippen molar-refractivity contribution in [3.8, 4) is 0 Å². The molecule has 156 valence electrons. The fraction of sp³-hybridized carbons (Fsp3) is 0.476. The number of carbonyl (C=O) groups is 2. The van der Waals surface area contributed by atoms with Gasteiger partial charge >= 0.3 is 11.9 Å². The lowest BCUT2D eigenvalue weighted by Gasteiger charge is -2.28. The lowest BCUT2D eigenvalue weighted by molar-refractivity contribution is -0.149. The van der Waals surface area contributed by atoms with E-state index in [1.165, 1.54) is 4.68 Å². The minimum Gasteiger partial charge on any atom is -0.478 e. The number of halogens is 2. The van der Waals surface area contributed by atoms with Crippen molar-refractivity contribution in [1.82, 2.24) is 9.78 Å². The van der Waals surface area contributed by atoms with Crippen molar-refractivity contribution in [2.75, 3.05) is 6.61 Å². The van der Waals surface area contributed by atoms with Gasteiger partial charge in [0.25, 0.3) is 6.43 Å². The number of nitrogens with zero attached hydrogens (tertiary/aromatic N) is 2. The third-order valence-corrected chi connectivity index (χ3v) is 5.32. The molecule has 0 bridgehead atoms. The first-order valence-corrected chi connectivity index (χ1v) is 9.75. The van der Waals surface area contributed by atoms with Crippen LogP contribution in [0.2, 0.25) is 0 Å². The molecule has 1 N–H and O–H groups in total. The molecule has 0 amide bonds. The molecule has 2 aromatic rings. The van der Waals surface area contributed by atoms with Crippen molar-refractivity contribution in [3.05, 3.63) is 52.8 Å². The zero-order valence-corrected chi connectivity index (χ0v) is 16.2. The van der Waals surface area contributed by atoms with Gasteiger partial charge in [0.15, 0.2) is 0 Å². The third-order valence-electron chi connectivity index (χ3n) is 5.32. The SMILES string of the molecule is CCOC(=O)[C@H]1CC[C@H](n2nc(Cc3ccccc3)c(C(=O)O)c2C(F)F)CC1. The number of aromatic carboxylic acids is 1. The van der Waals surface area contributed by atoms with Crippen molar-refractivity contribution < 1.29 is 28.2 Å². The number of carbonyl (C=O) groups excluding carboxylic acids is 1. The second-order valence-corrected chi connectivity index (χ2v) is 7.18. The monoisotopic (exact) mass is 406 g/mol. The Bertz CT molecular complexity index is 859. The first-order valence-electron chi connectivity index (χ1n) is 9.75. The average Bonchev–Trinajstić information content (AvgIpc) is 3.09. The van der Waals surface area contributed by atoms with Crippen LogP contribution in [0.4, 0.5) is 8.78 Å². The molecule has 0 atom stereocenters. The lowest BCUT2D eigenvalue weighted by Crippen LogP contribution is -2.26. The van der Waals surface area contributed by atoms with E-state index in [2.05, 4.69) is 5.10 Å². The molecule has 6 nitrogen and oxygen atoms in total. The molecule has 1 aliphatic rings. The summed E-state index contributed by atoms with van der Waals surface area (Å²) in [4.78, 5) is 23.7. The highest BCUT2D eigenvalue weighted by Crippen LogP contribution is 2.37. The molecule has 1 heterocycles. The van der Waals surface area contributed by atoms with E-state index in [-0.39, 0.29) is 30.0 Å². The van der Waals surface area contributed by atoms with E-state index in [4.69, 9.17) is 4.74 Å². The van der Waals surface area contributed by atoms with E-state index in [9.17, 15) is 23.5 Å². The molecule has 1 fully saturated rings. The van der Waals surface area contributed by atoms with E-state index in [0.29, 0.717) is 32.3 Å². The number of carboxylic acids is 1. The van der Waals surface area contributed by atoms with Crippen LogP contribution in [-0.4, -0.2) is 33.4 Å². The Morgan fingerprint density at radius 1 is 1.21 bits per heavy atom. The van der Waals surface area contributed by atoms with Gasteiger partial charge in [-0.3, -0.25) is 9.48 Å². The molecule has 1 aromatic carbocycles. The van der Waals surface area contributed by atoms with Crippen LogP contribution in [0.3, 0.4) is 0 Å². The van der Waals surface area contributed by atoms with Crippen LogP contribution in [0.1, 0.15) is 72.4 Å². The van der Waals surface area contributed by atoms with E-state index in [1.54, 1.807) is 31.2 Å². The van der Waals surface area contributed by atoms with Crippen LogP contribution in [0.15, 0.2) is 30.3 Å². The Hall–Kier alpha value is -2.77. The first-order chi connectivity index (χ1) is 13.9. The summed E-state index contributed by atoms with van der Waals surface area (Å²) in [5.74, 6) is -1.92. The zero-order chi connectivity index (χ0) is 21.0. The standard InChI is InChI=1S/C21H24F2N2O4/c1-2-29-21(28)14-8-10-15(11-9-14)25-18(19(22)23)17(20(26)27)16(24-25)12-13-6-4-3-5-7-13/h3-7,14-15,19H,2,8-12H2,1H3,(H,26,27)/t14-,15-. The van der Waals surface area contributed by atoms with Gasteiger partial charge in [-0.1, -0.05) is 30.3 Å². The zero-order valence-electron chi connectivity index (χ0n) is 16.2. The molecule has 3 rings (SSSR count). The normalized spacial score (nSPS) is 19.3. The number of ether oxygens (including phenoxy) is 1. The van der Waals surface area contributed by atoms with Crippen LogP contribution < -0.4 is 0 Å². The van der Waals surface area contributed by atoms with Gasteiger partial charge in [-0.2, -0.15) is 5.10 Å². The van der Waals surface area contributed by atoms with Crippen LogP contribution in [0.5, 0.6) is 0 Å². The minimum atomic E-state index is -2.96. The van der Waals surface area contributed by atoms with E-state index in [1.807, 2.05) is 6.07 Å². The van der Waals surface area contributed by atoms with Gasteiger partial charge in [0.2, 0.25) is 0 Å². The molecule has 29 heavy (non-hydrogen) atoms. The van der Waals surface area contributed by atoms with Crippen molar-refractivity contribution in [1.29, 1.82) is 0 Å². The number of benzene rings is 1. The van der Waals surface area contributed by atoms with Crippen LogP contribution >= 0.6 is 0 Å². The number of hydrogen-bond acceptors (Lipinski definition) is 4. The number of aromatic nitrogens is 2. The summed E-state index contributed by atoms with van der Waals surface area (Å²) in [6.07, 6.45) is -0.859. The van der Waals surface area contributed by atoms with Gasteiger partial charge in [0.1, 0.15) is 11.3 Å². The fourth-order valence-corrected chi connectivity index (χ4v) is 3.95. The molecule has 1 saturated carbocycles. The van der Waals surface area contributed by atoms with E-state index >= 15 is 0 Å². The maximum absolute atomic E-state index is 13.9. The smallest absolute Gasteiger partial charge is 0.339 e. The molecule has 0 radical (unpaired) electrons. The summed E-state index contributed by atoms with van der Waals surface area (Å²) < 4.78 is 34.0.